The Labute approximate surface area is 157 Å². The average molecular weight is 366 g/mol. The number of benzene rings is 1. The molecule has 1 atom stereocenters. The van der Waals surface area contributed by atoms with Crippen molar-refractivity contribution in [2.24, 2.45) is 5.73 Å². The van der Waals surface area contributed by atoms with E-state index in [2.05, 4.69) is 15.3 Å². The average Bonchev–Trinajstić information content (AvgIpc) is 3.39. The third-order valence-corrected chi connectivity index (χ3v) is 4.86. The molecule has 3 heterocycles. The fourth-order valence-corrected chi connectivity index (χ4v) is 3.47. The second kappa shape index (κ2) is 7.71. The van der Waals surface area contributed by atoms with Crippen LogP contribution in [0.3, 0.4) is 0 Å². The number of hydrogen-bond acceptors (Lipinski definition) is 6. The minimum absolute atomic E-state index is 0.0385. The first-order valence-electron chi connectivity index (χ1n) is 9.16. The fourth-order valence-electron chi connectivity index (χ4n) is 3.47. The molecule has 0 aliphatic carbocycles. The summed E-state index contributed by atoms with van der Waals surface area (Å²) < 4.78 is 6.88. The summed E-state index contributed by atoms with van der Waals surface area (Å²) in [6.07, 6.45) is 6.31. The van der Waals surface area contributed by atoms with Gasteiger partial charge in [-0.15, -0.1) is 5.10 Å². The lowest BCUT2D eigenvalue weighted by Gasteiger charge is -2.30. The number of rotatable bonds is 5. The zero-order valence-corrected chi connectivity index (χ0v) is 15.0. The van der Waals surface area contributed by atoms with E-state index in [1.807, 2.05) is 35.2 Å². The highest BCUT2D eigenvalue weighted by molar-refractivity contribution is 5.83. The van der Waals surface area contributed by atoms with Gasteiger partial charge in [-0.3, -0.25) is 4.79 Å². The lowest BCUT2D eigenvalue weighted by atomic mass is 10.0. The second-order valence-corrected chi connectivity index (χ2v) is 6.61. The van der Waals surface area contributed by atoms with Gasteiger partial charge in [0.15, 0.2) is 12.4 Å². The number of nitrogens with zero attached hydrogens (tertiary/aromatic N) is 5. The Morgan fingerprint density at radius 2 is 1.96 bits per heavy atom. The molecule has 8 nitrogen and oxygen atoms in total. The van der Waals surface area contributed by atoms with E-state index < -0.39 is 6.04 Å². The first-order valence-corrected chi connectivity index (χ1v) is 9.16. The van der Waals surface area contributed by atoms with Crippen molar-refractivity contribution in [2.75, 3.05) is 13.1 Å². The number of oxazole rings is 1. The van der Waals surface area contributed by atoms with Crippen LogP contribution in [0.4, 0.5) is 0 Å². The van der Waals surface area contributed by atoms with Gasteiger partial charge in [-0.05, 0) is 24.8 Å². The van der Waals surface area contributed by atoms with Crippen molar-refractivity contribution in [3.05, 3.63) is 54.2 Å². The first-order chi connectivity index (χ1) is 13.3. The van der Waals surface area contributed by atoms with Gasteiger partial charge < -0.3 is 15.1 Å². The van der Waals surface area contributed by atoms with Gasteiger partial charge in [0, 0.05) is 13.1 Å². The quantitative estimate of drug-likeness (QED) is 0.741. The number of amides is 1. The number of nitrogens with two attached hydrogens (primary N) is 1. The molecule has 0 spiro atoms. The number of likely N-dealkylation sites (tertiary alicyclic amines) is 1. The fraction of sp³-hybridized carbons (Fsp3) is 0.368. The van der Waals surface area contributed by atoms with Crippen molar-refractivity contribution in [1.29, 1.82) is 0 Å². The van der Waals surface area contributed by atoms with E-state index in [1.165, 1.54) is 12.8 Å². The number of aromatic nitrogens is 4. The van der Waals surface area contributed by atoms with Crippen molar-refractivity contribution in [1.82, 2.24) is 24.9 Å². The molecule has 2 aromatic heterocycles. The highest BCUT2D eigenvalue weighted by Gasteiger charge is 2.30. The zero-order valence-electron chi connectivity index (χ0n) is 15.0. The summed E-state index contributed by atoms with van der Waals surface area (Å²) in [4.78, 5) is 19.4. The number of carbonyl (C=O) groups is 1. The molecular weight excluding hydrogens is 344 g/mol. The van der Waals surface area contributed by atoms with Crippen LogP contribution in [0, 0.1) is 0 Å². The molecule has 0 bridgehead atoms. The molecular formula is C19H22N6O2. The Morgan fingerprint density at radius 3 is 2.70 bits per heavy atom. The molecule has 0 radical (unpaired) electrons. The van der Waals surface area contributed by atoms with Gasteiger partial charge in [-0.25, -0.2) is 9.67 Å². The molecule has 27 heavy (non-hydrogen) atoms. The summed E-state index contributed by atoms with van der Waals surface area (Å²) in [5.74, 6) is 0.581. The third kappa shape index (κ3) is 3.48. The Balaban J connectivity index is 1.70. The first kappa shape index (κ1) is 17.4. The monoisotopic (exact) mass is 366 g/mol. The summed E-state index contributed by atoms with van der Waals surface area (Å²) in [7, 11) is 0. The van der Waals surface area contributed by atoms with E-state index in [9.17, 15) is 4.79 Å². The van der Waals surface area contributed by atoms with E-state index in [0.29, 0.717) is 17.1 Å². The molecule has 1 fully saturated rings. The van der Waals surface area contributed by atoms with Crippen molar-refractivity contribution in [2.45, 2.75) is 31.8 Å². The second-order valence-electron chi connectivity index (χ2n) is 6.61. The maximum Gasteiger partial charge on any atom is 0.252 e. The largest absolute Gasteiger partial charge is 0.446 e. The summed E-state index contributed by atoms with van der Waals surface area (Å²) in [6, 6.07) is 9.10. The van der Waals surface area contributed by atoms with Crippen LogP contribution in [0.5, 0.6) is 0 Å². The lowest BCUT2D eigenvalue weighted by molar-refractivity contribution is -0.134. The standard InChI is InChI=1S/C19H22N6O2/c20-11-16-17(21-13-27-16)15-12-25(23-22-15)18(14-7-3-1-4-8-14)19(26)24-9-5-2-6-10-24/h1,3-4,7-8,12-13,18H,2,5-6,9-11,20H2. The van der Waals surface area contributed by atoms with Crippen LogP contribution in [0.1, 0.15) is 36.6 Å². The van der Waals surface area contributed by atoms with Crippen LogP contribution >= 0.6 is 0 Å². The Bertz CT molecular complexity index is 898. The maximum atomic E-state index is 13.3. The van der Waals surface area contributed by atoms with Gasteiger partial charge in [0.1, 0.15) is 17.1 Å². The van der Waals surface area contributed by atoms with Gasteiger partial charge in [-0.2, -0.15) is 0 Å². The normalized spacial score (nSPS) is 15.7. The van der Waals surface area contributed by atoms with Gasteiger partial charge in [-0.1, -0.05) is 35.5 Å². The topological polar surface area (TPSA) is 103 Å². The van der Waals surface area contributed by atoms with Crippen molar-refractivity contribution < 1.29 is 9.21 Å². The summed E-state index contributed by atoms with van der Waals surface area (Å²) >= 11 is 0. The van der Waals surface area contributed by atoms with Crippen molar-refractivity contribution in [3.8, 4) is 11.4 Å². The molecule has 140 valence electrons. The summed E-state index contributed by atoms with van der Waals surface area (Å²) in [6.45, 7) is 1.78. The number of hydrogen-bond donors (Lipinski definition) is 1. The van der Waals surface area contributed by atoms with Crippen LogP contribution in [0.15, 0.2) is 47.3 Å². The van der Waals surface area contributed by atoms with Crippen molar-refractivity contribution >= 4 is 5.91 Å². The van der Waals surface area contributed by atoms with Crippen LogP contribution in [-0.4, -0.2) is 43.9 Å². The SMILES string of the molecule is NCc1ocnc1-c1cn(C(C(=O)N2CCCCC2)c2ccccc2)nn1. The number of carbonyl (C=O) groups excluding carboxylic acids is 1. The molecule has 1 unspecified atom stereocenters. The van der Waals surface area contributed by atoms with Gasteiger partial charge in [0.05, 0.1) is 12.7 Å². The van der Waals surface area contributed by atoms with Crippen molar-refractivity contribution in [3.63, 3.8) is 0 Å². The van der Waals surface area contributed by atoms with E-state index in [-0.39, 0.29) is 12.5 Å². The van der Waals surface area contributed by atoms with Gasteiger partial charge in [0.2, 0.25) is 0 Å². The predicted octanol–water partition coefficient (Wildman–Crippen LogP) is 1.99. The van der Waals surface area contributed by atoms with E-state index in [0.717, 1.165) is 31.5 Å². The molecule has 4 rings (SSSR count). The molecule has 3 aromatic rings. The minimum Gasteiger partial charge on any atom is -0.446 e. The zero-order chi connectivity index (χ0) is 18.6. The van der Waals surface area contributed by atoms with E-state index in [1.54, 1.807) is 10.9 Å². The maximum absolute atomic E-state index is 13.3. The molecule has 1 amide bonds. The molecule has 1 aromatic carbocycles. The Kier molecular flexibility index (Phi) is 4.97. The van der Waals surface area contributed by atoms with Gasteiger partial charge >= 0.3 is 0 Å². The van der Waals surface area contributed by atoms with E-state index >= 15 is 0 Å². The van der Waals surface area contributed by atoms with E-state index in [4.69, 9.17) is 10.2 Å². The molecule has 8 heteroatoms. The molecule has 2 N–H and O–H groups in total. The molecule has 1 aliphatic heterocycles. The Hall–Kier alpha value is -3.00. The minimum atomic E-state index is -0.557. The highest BCUT2D eigenvalue weighted by Crippen LogP contribution is 2.25. The molecule has 1 saturated heterocycles. The van der Waals surface area contributed by atoms with Crippen LogP contribution < -0.4 is 5.73 Å². The van der Waals surface area contributed by atoms with Gasteiger partial charge in [0.25, 0.3) is 5.91 Å². The Morgan fingerprint density at radius 1 is 1.19 bits per heavy atom. The van der Waals surface area contributed by atoms with Crippen LogP contribution in [0.2, 0.25) is 0 Å². The summed E-state index contributed by atoms with van der Waals surface area (Å²) in [5, 5.41) is 8.44. The third-order valence-electron chi connectivity index (χ3n) is 4.86. The molecule has 1 aliphatic rings. The number of piperidine rings is 1. The lowest BCUT2D eigenvalue weighted by Crippen LogP contribution is -2.41. The van der Waals surface area contributed by atoms with Crippen LogP contribution in [-0.2, 0) is 11.3 Å². The molecule has 0 saturated carbocycles. The smallest absolute Gasteiger partial charge is 0.252 e. The van der Waals surface area contributed by atoms with Crippen LogP contribution in [0.25, 0.3) is 11.4 Å². The highest BCUT2D eigenvalue weighted by atomic mass is 16.3. The summed E-state index contributed by atoms with van der Waals surface area (Å²) in [5.41, 5.74) is 7.66. The predicted molar refractivity (Wildman–Crippen MR) is 98.4 cm³/mol.